The number of nitrogens with zero attached hydrogens (tertiary/aromatic N) is 1. The molecule has 110 valence electrons. The monoisotopic (exact) mass is 286 g/mol. The molecule has 2 aromatic rings. The van der Waals surface area contributed by atoms with Crippen molar-refractivity contribution in [3.8, 4) is 17.2 Å². The lowest BCUT2D eigenvalue weighted by Crippen LogP contribution is -2.16. The summed E-state index contributed by atoms with van der Waals surface area (Å²) in [5.74, 6) is 2.12. The standard InChI is InChI=1S/C16H18N2O3/c1-11-5-13(10-17-8-11)18-9-12-6-14(19-2)16-15(7-12)20-3-4-21-16/h5-8,10,18H,3-4,9H2,1-2H3. The van der Waals surface area contributed by atoms with Crippen molar-refractivity contribution in [3.63, 3.8) is 0 Å². The second kappa shape index (κ2) is 5.91. The van der Waals surface area contributed by atoms with Gasteiger partial charge in [-0.2, -0.15) is 0 Å². The second-order valence-electron chi connectivity index (χ2n) is 4.93. The van der Waals surface area contributed by atoms with Crippen LogP contribution in [0.15, 0.2) is 30.6 Å². The number of methoxy groups -OCH3 is 1. The number of hydrogen-bond acceptors (Lipinski definition) is 5. The highest BCUT2D eigenvalue weighted by Gasteiger charge is 2.18. The third kappa shape index (κ3) is 3.02. The first-order valence-electron chi connectivity index (χ1n) is 6.88. The van der Waals surface area contributed by atoms with Crippen LogP contribution in [0.2, 0.25) is 0 Å². The molecule has 0 unspecified atom stereocenters. The molecule has 0 atom stereocenters. The van der Waals surface area contributed by atoms with E-state index in [1.54, 1.807) is 7.11 Å². The highest BCUT2D eigenvalue weighted by atomic mass is 16.6. The van der Waals surface area contributed by atoms with Crippen LogP contribution in [0.3, 0.4) is 0 Å². The molecular formula is C16H18N2O3. The Bertz CT molecular complexity index is 626. The van der Waals surface area contributed by atoms with Gasteiger partial charge in [-0.3, -0.25) is 4.98 Å². The van der Waals surface area contributed by atoms with Crippen LogP contribution in [-0.4, -0.2) is 25.3 Å². The molecule has 1 N–H and O–H groups in total. The van der Waals surface area contributed by atoms with E-state index in [0.717, 1.165) is 22.6 Å². The van der Waals surface area contributed by atoms with Gasteiger partial charge in [0.25, 0.3) is 0 Å². The van der Waals surface area contributed by atoms with E-state index in [4.69, 9.17) is 14.2 Å². The molecule has 1 aromatic heterocycles. The molecule has 0 amide bonds. The van der Waals surface area contributed by atoms with Gasteiger partial charge in [-0.15, -0.1) is 0 Å². The molecular weight excluding hydrogens is 268 g/mol. The summed E-state index contributed by atoms with van der Waals surface area (Å²) in [6.45, 7) is 3.80. The molecule has 0 saturated carbocycles. The zero-order chi connectivity index (χ0) is 14.7. The van der Waals surface area contributed by atoms with Crippen LogP contribution in [-0.2, 0) is 6.54 Å². The lowest BCUT2D eigenvalue weighted by atomic mass is 10.1. The summed E-state index contributed by atoms with van der Waals surface area (Å²) in [5.41, 5.74) is 3.18. The fourth-order valence-electron chi connectivity index (χ4n) is 2.29. The fourth-order valence-corrected chi connectivity index (χ4v) is 2.29. The van der Waals surface area contributed by atoms with Crippen molar-refractivity contribution in [2.45, 2.75) is 13.5 Å². The molecule has 2 heterocycles. The second-order valence-corrected chi connectivity index (χ2v) is 4.93. The number of nitrogens with one attached hydrogen (secondary N) is 1. The summed E-state index contributed by atoms with van der Waals surface area (Å²) in [7, 11) is 1.63. The van der Waals surface area contributed by atoms with Gasteiger partial charge >= 0.3 is 0 Å². The van der Waals surface area contributed by atoms with Crippen LogP contribution in [0.5, 0.6) is 17.2 Å². The van der Waals surface area contributed by atoms with Crippen LogP contribution in [0, 0.1) is 6.92 Å². The molecule has 0 saturated heterocycles. The predicted molar refractivity (Wildman–Crippen MR) is 80.3 cm³/mol. The molecule has 21 heavy (non-hydrogen) atoms. The normalized spacial score (nSPS) is 12.9. The summed E-state index contributed by atoms with van der Waals surface area (Å²) in [5, 5.41) is 3.35. The average molecular weight is 286 g/mol. The number of rotatable bonds is 4. The maximum atomic E-state index is 5.63. The van der Waals surface area contributed by atoms with Crippen LogP contribution in [0.25, 0.3) is 0 Å². The van der Waals surface area contributed by atoms with Crippen molar-refractivity contribution in [1.82, 2.24) is 4.98 Å². The Morgan fingerprint density at radius 2 is 2.05 bits per heavy atom. The largest absolute Gasteiger partial charge is 0.493 e. The number of benzene rings is 1. The molecule has 0 fully saturated rings. The van der Waals surface area contributed by atoms with Crippen LogP contribution in [0.4, 0.5) is 5.69 Å². The third-order valence-electron chi connectivity index (χ3n) is 3.26. The number of fused-ring (bicyclic) bond motifs is 1. The topological polar surface area (TPSA) is 52.6 Å². The van der Waals surface area contributed by atoms with E-state index in [-0.39, 0.29) is 0 Å². The van der Waals surface area contributed by atoms with E-state index in [2.05, 4.69) is 16.4 Å². The fraction of sp³-hybridized carbons (Fsp3) is 0.312. The molecule has 0 spiro atoms. The quantitative estimate of drug-likeness (QED) is 0.936. The number of pyridine rings is 1. The molecule has 0 radical (unpaired) electrons. The highest BCUT2D eigenvalue weighted by molar-refractivity contribution is 5.55. The van der Waals surface area contributed by atoms with Gasteiger partial charge in [0.15, 0.2) is 11.5 Å². The molecule has 0 bridgehead atoms. The third-order valence-corrected chi connectivity index (χ3v) is 3.26. The SMILES string of the molecule is COc1cc(CNc2cncc(C)c2)cc2c1OCCO2. The van der Waals surface area contributed by atoms with Crippen LogP contribution >= 0.6 is 0 Å². The van der Waals surface area contributed by atoms with E-state index in [0.29, 0.717) is 31.3 Å². The number of aryl methyl sites for hydroxylation is 1. The summed E-state index contributed by atoms with van der Waals surface area (Å²) in [6.07, 6.45) is 3.64. The van der Waals surface area contributed by atoms with Gasteiger partial charge < -0.3 is 19.5 Å². The van der Waals surface area contributed by atoms with Gasteiger partial charge in [0.1, 0.15) is 13.2 Å². The van der Waals surface area contributed by atoms with Crippen LogP contribution < -0.4 is 19.5 Å². The molecule has 1 aliphatic heterocycles. The summed E-state index contributed by atoms with van der Waals surface area (Å²) in [4.78, 5) is 4.17. The lowest BCUT2D eigenvalue weighted by molar-refractivity contribution is 0.165. The van der Waals surface area contributed by atoms with Crippen molar-refractivity contribution in [2.75, 3.05) is 25.6 Å². The summed E-state index contributed by atoms with van der Waals surface area (Å²) in [6, 6.07) is 6.00. The minimum Gasteiger partial charge on any atom is -0.493 e. The Kier molecular flexibility index (Phi) is 3.81. The number of aromatic nitrogens is 1. The van der Waals surface area contributed by atoms with Gasteiger partial charge in [0.2, 0.25) is 5.75 Å². The smallest absolute Gasteiger partial charge is 0.203 e. The first-order chi connectivity index (χ1) is 10.3. The molecule has 3 rings (SSSR count). The van der Waals surface area contributed by atoms with Crippen molar-refractivity contribution < 1.29 is 14.2 Å². The van der Waals surface area contributed by atoms with Gasteiger partial charge in [-0.1, -0.05) is 0 Å². The first-order valence-corrected chi connectivity index (χ1v) is 6.88. The van der Waals surface area contributed by atoms with Crippen molar-refractivity contribution in [3.05, 3.63) is 41.7 Å². The lowest BCUT2D eigenvalue weighted by Gasteiger charge is -2.21. The maximum Gasteiger partial charge on any atom is 0.203 e. The van der Waals surface area contributed by atoms with E-state index in [9.17, 15) is 0 Å². The molecule has 1 aromatic carbocycles. The Morgan fingerprint density at radius 3 is 2.86 bits per heavy atom. The number of hydrogen-bond donors (Lipinski definition) is 1. The van der Waals surface area contributed by atoms with Crippen molar-refractivity contribution in [1.29, 1.82) is 0 Å². The zero-order valence-electron chi connectivity index (χ0n) is 12.2. The first kappa shape index (κ1) is 13.5. The van der Waals surface area contributed by atoms with Crippen LogP contribution in [0.1, 0.15) is 11.1 Å². The van der Waals surface area contributed by atoms with Gasteiger partial charge in [-0.25, -0.2) is 0 Å². The van der Waals surface area contributed by atoms with E-state index in [1.807, 2.05) is 31.5 Å². The Balaban J connectivity index is 1.79. The van der Waals surface area contributed by atoms with Gasteiger partial charge in [0, 0.05) is 18.9 Å². The Morgan fingerprint density at radius 1 is 1.19 bits per heavy atom. The number of anilines is 1. The van der Waals surface area contributed by atoms with Gasteiger partial charge in [-0.05, 0) is 36.2 Å². The summed E-state index contributed by atoms with van der Waals surface area (Å²) < 4.78 is 16.6. The highest BCUT2D eigenvalue weighted by Crippen LogP contribution is 2.40. The molecule has 1 aliphatic rings. The minimum absolute atomic E-state index is 0.552. The zero-order valence-corrected chi connectivity index (χ0v) is 12.2. The van der Waals surface area contributed by atoms with Crippen molar-refractivity contribution in [2.24, 2.45) is 0 Å². The number of ether oxygens (including phenoxy) is 3. The average Bonchev–Trinajstić information content (AvgIpc) is 2.52. The molecule has 0 aliphatic carbocycles. The summed E-state index contributed by atoms with van der Waals surface area (Å²) >= 11 is 0. The minimum atomic E-state index is 0.552. The predicted octanol–water partition coefficient (Wildman–Crippen LogP) is 2.78. The molecule has 5 nitrogen and oxygen atoms in total. The Labute approximate surface area is 123 Å². The van der Waals surface area contributed by atoms with Crippen molar-refractivity contribution >= 4 is 5.69 Å². The van der Waals surface area contributed by atoms with E-state index in [1.165, 1.54) is 0 Å². The Hall–Kier alpha value is -2.43. The van der Waals surface area contributed by atoms with E-state index >= 15 is 0 Å². The van der Waals surface area contributed by atoms with Gasteiger partial charge in [0.05, 0.1) is 12.8 Å². The molecule has 5 heteroatoms. The van der Waals surface area contributed by atoms with E-state index < -0.39 is 0 Å². The maximum absolute atomic E-state index is 5.63.